The molecular formula is C19H32N3O3+. The van der Waals surface area contributed by atoms with Crippen LogP contribution < -0.4 is 15.5 Å². The predicted molar refractivity (Wildman–Crippen MR) is 93.2 cm³/mol. The van der Waals surface area contributed by atoms with Crippen molar-refractivity contribution in [2.45, 2.75) is 70.1 Å². The van der Waals surface area contributed by atoms with Crippen LogP contribution in [0, 0.1) is 17.8 Å². The summed E-state index contributed by atoms with van der Waals surface area (Å²) >= 11 is 0. The smallest absolute Gasteiger partial charge is 0.322 e. The van der Waals surface area contributed by atoms with Crippen molar-refractivity contribution >= 4 is 11.9 Å². The summed E-state index contributed by atoms with van der Waals surface area (Å²) in [7, 11) is 0. The van der Waals surface area contributed by atoms with Gasteiger partial charge >= 0.3 is 6.03 Å². The Hall–Kier alpha value is -1.14. The molecule has 3 amide bonds. The second kappa shape index (κ2) is 6.54. The lowest BCUT2D eigenvalue weighted by Crippen LogP contribution is -3.16. The fourth-order valence-corrected chi connectivity index (χ4v) is 6.47. The Labute approximate surface area is 150 Å². The predicted octanol–water partition coefficient (Wildman–Crippen LogP) is 0.473. The summed E-state index contributed by atoms with van der Waals surface area (Å²) in [5.74, 6) is 2.16. The summed E-state index contributed by atoms with van der Waals surface area (Å²) < 4.78 is 5.71. The molecule has 0 unspecified atom stereocenters. The van der Waals surface area contributed by atoms with Crippen molar-refractivity contribution < 1.29 is 19.2 Å². The molecule has 6 heteroatoms. The zero-order valence-corrected chi connectivity index (χ0v) is 15.5. The maximum absolute atomic E-state index is 12.4. The Morgan fingerprint density at radius 3 is 2.04 bits per heavy atom. The average molecular weight is 350 g/mol. The van der Waals surface area contributed by atoms with Gasteiger partial charge in [-0.15, -0.1) is 0 Å². The van der Waals surface area contributed by atoms with Crippen LogP contribution in [-0.4, -0.2) is 49.3 Å². The van der Waals surface area contributed by atoms with E-state index in [9.17, 15) is 9.59 Å². The van der Waals surface area contributed by atoms with Crippen LogP contribution in [0.4, 0.5) is 4.79 Å². The first kappa shape index (κ1) is 17.3. The van der Waals surface area contributed by atoms with E-state index in [2.05, 4.69) is 10.6 Å². The van der Waals surface area contributed by atoms with E-state index in [1.54, 1.807) is 0 Å². The molecule has 1 aliphatic heterocycles. The van der Waals surface area contributed by atoms with Gasteiger partial charge < -0.3 is 15.0 Å². The molecule has 4 saturated carbocycles. The topological polar surface area (TPSA) is 71.9 Å². The number of amides is 3. The second-order valence-corrected chi connectivity index (χ2v) is 9.29. The maximum Gasteiger partial charge on any atom is 0.322 e. The fraction of sp³-hybridized carbons (Fsp3) is 0.895. The Morgan fingerprint density at radius 1 is 1.00 bits per heavy atom. The molecule has 5 rings (SSSR count). The van der Waals surface area contributed by atoms with Crippen LogP contribution in [0.15, 0.2) is 0 Å². The molecule has 0 aromatic rings. The Balaban J connectivity index is 1.28. The van der Waals surface area contributed by atoms with Crippen molar-refractivity contribution in [1.82, 2.24) is 10.6 Å². The van der Waals surface area contributed by atoms with E-state index in [1.165, 1.54) is 24.2 Å². The van der Waals surface area contributed by atoms with E-state index in [-0.39, 0.29) is 29.7 Å². The molecule has 5 fully saturated rings. The van der Waals surface area contributed by atoms with Gasteiger partial charge in [0.05, 0.1) is 0 Å². The van der Waals surface area contributed by atoms with Gasteiger partial charge in [0.1, 0.15) is 25.3 Å². The summed E-state index contributed by atoms with van der Waals surface area (Å²) in [4.78, 5) is 25.9. The highest BCUT2D eigenvalue weighted by molar-refractivity contribution is 5.95. The molecule has 0 radical (unpaired) electrons. The summed E-state index contributed by atoms with van der Waals surface area (Å²) in [5.41, 5.74) is -0.0477. The van der Waals surface area contributed by atoms with Gasteiger partial charge in [0.2, 0.25) is 0 Å². The first-order valence-corrected chi connectivity index (χ1v) is 10.00. The number of imide groups is 1. The Bertz CT molecular complexity index is 505. The number of rotatable bonds is 3. The van der Waals surface area contributed by atoms with Gasteiger partial charge in [-0.05, 0) is 70.1 Å². The third-order valence-corrected chi connectivity index (χ3v) is 6.70. The second-order valence-electron chi connectivity index (χ2n) is 9.29. The number of urea groups is 1. The number of carbonyl (C=O) groups is 2. The number of hydrogen-bond acceptors (Lipinski definition) is 3. The summed E-state index contributed by atoms with van der Waals surface area (Å²) in [5, 5.41) is 5.79. The quantitative estimate of drug-likeness (QED) is 0.693. The summed E-state index contributed by atoms with van der Waals surface area (Å²) in [6, 6.07) is -0.291. The van der Waals surface area contributed by atoms with Crippen molar-refractivity contribution in [2.75, 3.05) is 19.6 Å². The normalized spacial score (nSPS) is 45.2. The number of ether oxygens (including phenoxy) is 1. The van der Waals surface area contributed by atoms with Crippen LogP contribution >= 0.6 is 0 Å². The number of nitrogens with one attached hydrogen (secondary N) is 3. The highest BCUT2D eigenvalue weighted by Gasteiger charge is 2.51. The van der Waals surface area contributed by atoms with E-state index < -0.39 is 0 Å². The van der Waals surface area contributed by atoms with Gasteiger partial charge in [0.25, 0.3) is 5.91 Å². The van der Waals surface area contributed by atoms with Gasteiger partial charge in [0.15, 0.2) is 6.54 Å². The highest BCUT2D eigenvalue weighted by Crippen LogP contribution is 2.55. The van der Waals surface area contributed by atoms with Crippen LogP contribution in [0.25, 0.3) is 0 Å². The van der Waals surface area contributed by atoms with Crippen molar-refractivity contribution in [2.24, 2.45) is 17.8 Å². The lowest BCUT2D eigenvalue weighted by molar-refractivity contribution is -0.907. The van der Waals surface area contributed by atoms with E-state index in [0.717, 1.165) is 50.1 Å². The van der Waals surface area contributed by atoms with Crippen LogP contribution in [0.5, 0.6) is 0 Å². The van der Waals surface area contributed by atoms with Crippen LogP contribution in [0.3, 0.4) is 0 Å². The molecule has 3 N–H and O–H groups in total. The van der Waals surface area contributed by atoms with E-state index in [0.29, 0.717) is 6.54 Å². The van der Waals surface area contributed by atoms with Crippen molar-refractivity contribution in [3.8, 4) is 0 Å². The minimum absolute atomic E-state index is 0.0477. The molecule has 0 aromatic heterocycles. The number of quaternary nitrogens is 1. The van der Waals surface area contributed by atoms with E-state index >= 15 is 0 Å². The fourth-order valence-electron chi connectivity index (χ4n) is 6.47. The van der Waals surface area contributed by atoms with E-state index in [4.69, 9.17) is 4.74 Å². The molecule has 4 aliphatic carbocycles. The minimum Gasteiger partial charge on any atom is -0.364 e. The molecule has 1 heterocycles. The van der Waals surface area contributed by atoms with Crippen LogP contribution in [0.1, 0.15) is 52.4 Å². The molecule has 6 nitrogen and oxygen atoms in total. The van der Waals surface area contributed by atoms with Crippen molar-refractivity contribution in [3.05, 3.63) is 0 Å². The van der Waals surface area contributed by atoms with Gasteiger partial charge in [-0.25, -0.2) is 4.79 Å². The zero-order valence-electron chi connectivity index (χ0n) is 15.5. The number of morpholine rings is 1. The lowest BCUT2D eigenvalue weighted by Gasteiger charge is -2.56. The standard InChI is InChI=1S/C19H31N3O3/c1-12-9-22(10-13(2)25-12)11-17(23)20-18(24)21-19-6-14-3-15(7-19)5-16(4-14)8-19/h12-16H,3-11H2,1-2H3,(H2,20,21,23,24)/p+1/t12-,13-,14?,15?,16?,19?/m1/s1. The number of carbonyl (C=O) groups excluding carboxylic acids is 2. The first-order chi connectivity index (χ1) is 11.9. The Morgan fingerprint density at radius 2 is 1.52 bits per heavy atom. The minimum atomic E-state index is -0.291. The largest absolute Gasteiger partial charge is 0.364 e. The molecule has 140 valence electrons. The SMILES string of the molecule is C[C@@H]1C[NH+](CC(=O)NC(=O)NC23CC4CC(CC(C4)C2)C3)C[C@@H](C)O1. The van der Waals surface area contributed by atoms with Crippen molar-refractivity contribution in [3.63, 3.8) is 0 Å². The van der Waals surface area contributed by atoms with Crippen LogP contribution in [-0.2, 0) is 9.53 Å². The number of hydrogen-bond donors (Lipinski definition) is 3. The van der Waals surface area contributed by atoms with E-state index in [1.807, 2.05) is 13.8 Å². The van der Waals surface area contributed by atoms with Gasteiger partial charge in [-0.1, -0.05) is 0 Å². The molecule has 2 atom stereocenters. The summed E-state index contributed by atoms with van der Waals surface area (Å²) in [6.45, 7) is 6.04. The summed E-state index contributed by atoms with van der Waals surface area (Å²) in [6.07, 6.45) is 7.66. The van der Waals surface area contributed by atoms with Gasteiger partial charge in [-0.2, -0.15) is 0 Å². The molecule has 5 aliphatic rings. The highest BCUT2D eigenvalue weighted by atomic mass is 16.5. The third-order valence-electron chi connectivity index (χ3n) is 6.70. The zero-order chi connectivity index (χ0) is 17.6. The maximum atomic E-state index is 12.4. The average Bonchev–Trinajstić information content (AvgIpc) is 2.42. The molecule has 1 saturated heterocycles. The van der Waals surface area contributed by atoms with Crippen molar-refractivity contribution in [1.29, 1.82) is 0 Å². The molecule has 0 spiro atoms. The molecule has 25 heavy (non-hydrogen) atoms. The lowest BCUT2D eigenvalue weighted by atomic mass is 9.53. The first-order valence-electron chi connectivity index (χ1n) is 10.00. The molecular weight excluding hydrogens is 318 g/mol. The Kier molecular flexibility index (Phi) is 4.52. The van der Waals surface area contributed by atoms with Gasteiger partial charge in [0, 0.05) is 5.54 Å². The van der Waals surface area contributed by atoms with Gasteiger partial charge in [-0.3, -0.25) is 10.1 Å². The molecule has 4 bridgehead atoms. The monoisotopic (exact) mass is 350 g/mol. The molecule has 0 aromatic carbocycles. The third kappa shape index (κ3) is 3.85. The van der Waals surface area contributed by atoms with Crippen LogP contribution in [0.2, 0.25) is 0 Å².